The van der Waals surface area contributed by atoms with Crippen LogP contribution in [0.25, 0.3) is 16.5 Å². The van der Waals surface area contributed by atoms with E-state index in [4.69, 9.17) is 0 Å². The normalized spacial score (nSPS) is 13.3. The molecule has 1 aromatic heterocycles. The molecule has 0 atom stereocenters. The Morgan fingerprint density at radius 1 is 0.955 bits per heavy atom. The van der Waals surface area contributed by atoms with Crippen molar-refractivity contribution in [3.63, 3.8) is 0 Å². The highest BCUT2D eigenvalue weighted by Gasteiger charge is 2.19. The van der Waals surface area contributed by atoms with Gasteiger partial charge in [0.25, 0.3) is 0 Å². The van der Waals surface area contributed by atoms with E-state index in [0.29, 0.717) is 6.42 Å². The van der Waals surface area contributed by atoms with Crippen molar-refractivity contribution in [3.8, 4) is 0 Å². The average Bonchev–Trinajstić information content (AvgIpc) is 2.90. The minimum atomic E-state index is -0.817. The van der Waals surface area contributed by atoms with Crippen molar-refractivity contribution in [1.82, 2.24) is 4.98 Å². The maximum atomic E-state index is 13.5. The van der Waals surface area contributed by atoms with Crippen LogP contribution in [0.1, 0.15) is 22.4 Å². The number of rotatable bonds is 1. The smallest absolute Gasteiger partial charge is 0.159 e. The summed E-state index contributed by atoms with van der Waals surface area (Å²) in [6.45, 7) is 2.04. The molecule has 1 heterocycles. The summed E-state index contributed by atoms with van der Waals surface area (Å²) >= 11 is 0. The number of benzene rings is 2. The molecule has 0 aliphatic heterocycles. The van der Waals surface area contributed by atoms with E-state index in [1.807, 2.05) is 37.3 Å². The molecule has 3 heteroatoms. The third-order valence-electron chi connectivity index (χ3n) is 4.08. The van der Waals surface area contributed by atoms with Gasteiger partial charge in [0.2, 0.25) is 0 Å². The van der Waals surface area contributed by atoms with Gasteiger partial charge >= 0.3 is 0 Å². The van der Waals surface area contributed by atoms with Crippen LogP contribution in [0.3, 0.4) is 0 Å². The molecule has 0 bridgehead atoms. The summed E-state index contributed by atoms with van der Waals surface area (Å²) in [6, 6.07) is 12.6. The van der Waals surface area contributed by atoms with Gasteiger partial charge in [-0.25, -0.2) is 13.8 Å². The van der Waals surface area contributed by atoms with Crippen molar-refractivity contribution in [2.75, 3.05) is 0 Å². The predicted octanol–water partition coefficient (Wildman–Crippen LogP) is 4.81. The minimum Gasteiger partial charge on any atom is -0.248 e. The molecule has 4 rings (SSSR count). The molecule has 0 N–H and O–H groups in total. The third-order valence-corrected chi connectivity index (χ3v) is 4.08. The molecular formula is C19H13F2N. The maximum absolute atomic E-state index is 13.5. The van der Waals surface area contributed by atoms with Crippen LogP contribution in [0.5, 0.6) is 0 Å². The van der Waals surface area contributed by atoms with E-state index in [9.17, 15) is 8.78 Å². The third kappa shape index (κ3) is 2.01. The molecule has 2 aromatic carbocycles. The van der Waals surface area contributed by atoms with Crippen molar-refractivity contribution in [1.29, 1.82) is 0 Å². The van der Waals surface area contributed by atoms with Crippen LogP contribution < -0.4 is 0 Å². The molecule has 0 saturated heterocycles. The van der Waals surface area contributed by atoms with Crippen LogP contribution in [0.2, 0.25) is 0 Å². The number of hydrogen-bond donors (Lipinski definition) is 0. The number of aryl methyl sites for hydroxylation is 1. The van der Waals surface area contributed by atoms with Gasteiger partial charge < -0.3 is 0 Å². The largest absolute Gasteiger partial charge is 0.248 e. The zero-order chi connectivity index (χ0) is 15.3. The first-order valence-corrected chi connectivity index (χ1v) is 7.18. The molecule has 22 heavy (non-hydrogen) atoms. The Morgan fingerprint density at radius 3 is 2.64 bits per heavy atom. The van der Waals surface area contributed by atoms with Crippen LogP contribution in [0.4, 0.5) is 8.78 Å². The van der Waals surface area contributed by atoms with E-state index in [2.05, 4.69) is 11.1 Å². The molecule has 0 unspecified atom stereocenters. The van der Waals surface area contributed by atoms with Crippen LogP contribution in [-0.2, 0) is 6.42 Å². The van der Waals surface area contributed by atoms with Crippen LogP contribution >= 0.6 is 0 Å². The molecule has 1 aliphatic rings. The van der Waals surface area contributed by atoms with Gasteiger partial charge in [-0.2, -0.15) is 0 Å². The summed E-state index contributed by atoms with van der Waals surface area (Å²) in [6.07, 6.45) is 2.58. The highest BCUT2D eigenvalue weighted by molar-refractivity contribution is 5.87. The summed E-state index contributed by atoms with van der Waals surface area (Å²) < 4.78 is 26.9. The quantitative estimate of drug-likeness (QED) is 0.627. The molecule has 0 saturated carbocycles. The molecule has 3 aromatic rings. The molecule has 0 fully saturated rings. The first-order valence-electron chi connectivity index (χ1n) is 7.18. The lowest BCUT2D eigenvalue weighted by Crippen LogP contribution is -1.95. The van der Waals surface area contributed by atoms with Gasteiger partial charge in [-0.05, 0) is 54.8 Å². The van der Waals surface area contributed by atoms with Gasteiger partial charge in [-0.15, -0.1) is 0 Å². The summed E-state index contributed by atoms with van der Waals surface area (Å²) in [5.74, 6) is -1.61. The lowest BCUT2D eigenvalue weighted by atomic mass is 10.0. The fraction of sp³-hybridized carbons (Fsp3) is 0.105. The summed E-state index contributed by atoms with van der Waals surface area (Å²) in [5, 5.41) is 1.08. The molecule has 0 spiro atoms. The van der Waals surface area contributed by atoms with E-state index in [1.54, 1.807) is 0 Å². The Balaban J connectivity index is 1.85. The molecule has 1 nitrogen and oxygen atoms in total. The average molecular weight is 293 g/mol. The Kier molecular flexibility index (Phi) is 2.83. The standard InChI is InChI=1S/C19H13F2N/c1-11-2-6-18-13(8-11)4-7-19(22-18)14-5-3-12-9-16(20)17(21)10-15(12)14/h2,4-10H,3H2,1H3. The van der Waals surface area contributed by atoms with Gasteiger partial charge in [0.1, 0.15) is 0 Å². The molecule has 108 valence electrons. The van der Waals surface area contributed by atoms with Crippen molar-refractivity contribution >= 4 is 16.5 Å². The number of fused-ring (bicyclic) bond motifs is 2. The monoisotopic (exact) mass is 293 g/mol. The molecule has 0 radical (unpaired) electrons. The summed E-state index contributed by atoms with van der Waals surface area (Å²) in [4.78, 5) is 4.66. The van der Waals surface area contributed by atoms with Crippen LogP contribution in [-0.4, -0.2) is 4.98 Å². The number of allylic oxidation sites excluding steroid dienone is 1. The van der Waals surface area contributed by atoms with E-state index >= 15 is 0 Å². The van der Waals surface area contributed by atoms with Gasteiger partial charge in [0.15, 0.2) is 11.6 Å². The Labute approximate surface area is 126 Å². The van der Waals surface area contributed by atoms with Gasteiger partial charge in [-0.3, -0.25) is 0 Å². The van der Waals surface area contributed by atoms with Crippen molar-refractivity contribution in [2.24, 2.45) is 0 Å². The fourth-order valence-corrected chi connectivity index (χ4v) is 2.97. The van der Waals surface area contributed by atoms with Crippen molar-refractivity contribution in [2.45, 2.75) is 13.3 Å². The predicted molar refractivity (Wildman–Crippen MR) is 83.6 cm³/mol. The molecular weight excluding hydrogens is 280 g/mol. The Morgan fingerprint density at radius 2 is 1.77 bits per heavy atom. The van der Waals surface area contributed by atoms with Gasteiger partial charge in [-0.1, -0.05) is 23.8 Å². The molecule has 1 aliphatic carbocycles. The number of pyridine rings is 1. The van der Waals surface area contributed by atoms with Crippen LogP contribution in [0, 0.1) is 18.6 Å². The van der Waals surface area contributed by atoms with Crippen molar-refractivity contribution in [3.05, 3.63) is 82.6 Å². The van der Waals surface area contributed by atoms with E-state index in [1.165, 1.54) is 17.7 Å². The first-order chi connectivity index (χ1) is 10.6. The fourth-order valence-electron chi connectivity index (χ4n) is 2.97. The topological polar surface area (TPSA) is 12.9 Å². The lowest BCUT2D eigenvalue weighted by molar-refractivity contribution is 0.507. The molecule has 0 amide bonds. The van der Waals surface area contributed by atoms with Crippen molar-refractivity contribution < 1.29 is 8.78 Å². The Hall–Kier alpha value is -2.55. The second kappa shape index (κ2) is 4.73. The number of hydrogen-bond acceptors (Lipinski definition) is 1. The highest BCUT2D eigenvalue weighted by Crippen LogP contribution is 2.33. The Bertz CT molecular complexity index is 942. The number of halogens is 2. The van der Waals surface area contributed by atoms with Gasteiger partial charge in [0.05, 0.1) is 11.2 Å². The zero-order valence-electron chi connectivity index (χ0n) is 12.0. The second-order valence-electron chi connectivity index (χ2n) is 5.64. The first kappa shape index (κ1) is 13.1. The minimum absolute atomic E-state index is 0.607. The SMILES string of the molecule is Cc1ccc2nc(C3=CCc4cc(F)c(F)cc43)ccc2c1. The van der Waals surface area contributed by atoms with E-state index in [-0.39, 0.29) is 0 Å². The van der Waals surface area contributed by atoms with E-state index in [0.717, 1.165) is 33.3 Å². The maximum Gasteiger partial charge on any atom is 0.159 e. The summed E-state index contributed by atoms with van der Waals surface area (Å²) in [7, 11) is 0. The zero-order valence-corrected chi connectivity index (χ0v) is 12.0. The number of aromatic nitrogens is 1. The van der Waals surface area contributed by atoms with Gasteiger partial charge in [0, 0.05) is 11.0 Å². The second-order valence-corrected chi connectivity index (χ2v) is 5.64. The van der Waals surface area contributed by atoms with Crippen LogP contribution in [0.15, 0.2) is 48.5 Å². The highest BCUT2D eigenvalue weighted by atomic mass is 19.2. The summed E-state index contributed by atoms with van der Waals surface area (Å²) in [5.41, 5.74) is 5.29. The van der Waals surface area contributed by atoms with E-state index < -0.39 is 11.6 Å². The number of nitrogens with zero attached hydrogens (tertiary/aromatic N) is 1. The lowest BCUT2D eigenvalue weighted by Gasteiger charge is -2.08.